The number of nitrogens with zero attached hydrogens (tertiary/aromatic N) is 2. The molecule has 0 amide bonds. The Balaban J connectivity index is 2.40. The minimum atomic E-state index is -0.748. The maximum atomic E-state index is 13.5. The highest BCUT2D eigenvalue weighted by atomic mass is 35.5. The third kappa shape index (κ3) is 2.65. The summed E-state index contributed by atoms with van der Waals surface area (Å²) < 4.78 is 27.0. The molecule has 17 heavy (non-hydrogen) atoms. The van der Waals surface area contributed by atoms with Gasteiger partial charge in [0.1, 0.15) is 23.0 Å². The van der Waals surface area contributed by atoms with Crippen LogP contribution < -0.4 is 5.73 Å². The van der Waals surface area contributed by atoms with Crippen molar-refractivity contribution in [2.45, 2.75) is 9.92 Å². The first-order chi connectivity index (χ1) is 8.08. The molecule has 0 atom stereocenters. The third-order valence-corrected chi connectivity index (χ3v) is 3.35. The van der Waals surface area contributed by atoms with Gasteiger partial charge in [0.25, 0.3) is 0 Å². The molecule has 0 unspecified atom stereocenters. The Morgan fingerprint density at radius 3 is 2.47 bits per heavy atom. The van der Waals surface area contributed by atoms with E-state index in [0.717, 1.165) is 23.9 Å². The highest BCUT2D eigenvalue weighted by molar-refractivity contribution is 7.99. The minimum Gasteiger partial charge on any atom is -0.399 e. The van der Waals surface area contributed by atoms with E-state index in [4.69, 9.17) is 17.3 Å². The summed E-state index contributed by atoms with van der Waals surface area (Å²) in [6.45, 7) is 0. The van der Waals surface area contributed by atoms with Crippen molar-refractivity contribution in [3.05, 3.63) is 41.3 Å². The molecule has 0 fully saturated rings. The molecule has 3 nitrogen and oxygen atoms in total. The van der Waals surface area contributed by atoms with Gasteiger partial charge in [-0.3, -0.25) is 0 Å². The van der Waals surface area contributed by atoms with Crippen LogP contribution in [0, 0.1) is 11.6 Å². The van der Waals surface area contributed by atoms with Crippen LogP contribution in [0.3, 0.4) is 0 Å². The van der Waals surface area contributed by atoms with Crippen LogP contribution in [0.1, 0.15) is 0 Å². The smallest absolute Gasteiger partial charge is 0.142 e. The minimum absolute atomic E-state index is 0.0261. The van der Waals surface area contributed by atoms with Gasteiger partial charge >= 0.3 is 0 Å². The van der Waals surface area contributed by atoms with Gasteiger partial charge in [0.05, 0.1) is 16.1 Å². The molecule has 0 aliphatic carbocycles. The van der Waals surface area contributed by atoms with Crippen molar-refractivity contribution >= 4 is 29.1 Å². The SMILES string of the molecule is Nc1cc(F)c(Sc2ncncc2Cl)c(F)c1. The number of hydrogen-bond donors (Lipinski definition) is 1. The van der Waals surface area contributed by atoms with Gasteiger partial charge in [0, 0.05) is 5.69 Å². The lowest BCUT2D eigenvalue weighted by Gasteiger charge is -2.06. The van der Waals surface area contributed by atoms with Crippen molar-refractivity contribution in [3.8, 4) is 0 Å². The summed E-state index contributed by atoms with van der Waals surface area (Å²) in [5.74, 6) is -1.50. The first kappa shape index (κ1) is 12.1. The molecular weight excluding hydrogens is 268 g/mol. The molecule has 0 radical (unpaired) electrons. The fourth-order valence-corrected chi connectivity index (χ4v) is 2.13. The summed E-state index contributed by atoms with van der Waals surface area (Å²) >= 11 is 6.58. The fourth-order valence-electron chi connectivity index (χ4n) is 1.15. The molecule has 2 N–H and O–H groups in total. The van der Waals surface area contributed by atoms with Crippen LogP contribution in [-0.2, 0) is 0 Å². The van der Waals surface area contributed by atoms with Crippen molar-refractivity contribution < 1.29 is 8.78 Å². The summed E-state index contributed by atoms with van der Waals surface area (Å²) in [6.07, 6.45) is 2.60. The second-order valence-corrected chi connectivity index (χ2v) is 4.50. The highest BCUT2D eigenvalue weighted by Gasteiger charge is 2.14. The molecule has 0 spiro atoms. The Morgan fingerprint density at radius 2 is 1.88 bits per heavy atom. The molecule has 88 valence electrons. The molecule has 0 saturated carbocycles. The number of nitrogen functional groups attached to an aromatic ring is 1. The number of nitrogens with two attached hydrogens (primary N) is 1. The lowest BCUT2D eigenvalue weighted by molar-refractivity contribution is 0.541. The Labute approximate surface area is 105 Å². The van der Waals surface area contributed by atoms with E-state index in [1.54, 1.807) is 0 Å². The monoisotopic (exact) mass is 273 g/mol. The van der Waals surface area contributed by atoms with Crippen molar-refractivity contribution in [1.82, 2.24) is 9.97 Å². The first-order valence-corrected chi connectivity index (χ1v) is 5.65. The van der Waals surface area contributed by atoms with Crippen LogP contribution >= 0.6 is 23.4 Å². The maximum absolute atomic E-state index is 13.5. The summed E-state index contributed by atoms with van der Waals surface area (Å²) in [6, 6.07) is 2.08. The third-order valence-electron chi connectivity index (χ3n) is 1.85. The predicted molar refractivity (Wildman–Crippen MR) is 61.9 cm³/mol. The molecule has 0 bridgehead atoms. The van der Waals surface area contributed by atoms with Gasteiger partial charge in [-0.2, -0.15) is 0 Å². The van der Waals surface area contributed by atoms with E-state index in [2.05, 4.69) is 9.97 Å². The molecule has 1 aromatic heterocycles. The van der Waals surface area contributed by atoms with Gasteiger partial charge in [-0.1, -0.05) is 23.4 Å². The standard InChI is InChI=1S/C10H6ClF2N3S/c11-6-3-15-4-16-10(6)17-9-7(12)1-5(14)2-8(9)13/h1-4H,14H2. The van der Waals surface area contributed by atoms with E-state index in [0.29, 0.717) is 0 Å². The molecule has 0 aliphatic rings. The largest absolute Gasteiger partial charge is 0.399 e. The van der Waals surface area contributed by atoms with E-state index in [-0.39, 0.29) is 20.6 Å². The fraction of sp³-hybridized carbons (Fsp3) is 0. The molecule has 2 rings (SSSR count). The highest BCUT2D eigenvalue weighted by Crippen LogP contribution is 2.35. The number of halogens is 3. The molecule has 1 aromatic carbocycles. The van der Waals surface area contributed by atoms with Gasteiger partial charge in [-0.05, 0) is 12.1 Å². The van der Waals surface area contributed by atoms with Crippen molar-refractivity contribution in [1.29, 1.82) is 0 Å². The topological polar surface area (TPSA) is 51.8 Å². The zero-order valence-corrected chi connectivity index (χ0v) is 9.90. The number of anilines is 1. The lowest BCUT2D eigenvalue weighted by Crippen LogP contribution is -1.94. The van der Waals surface area contributed by atoms with Crippen LogP contribution in [0.4, 0.5) is 14.5 Å². The van der Waals surface area contributed by atoms with E-state index in [1.165, 1.54) is 12.5 Å². The molecule has 0 saturated heterocycles. The zero-order chi connectivity index (χ0) is 12.4. The van der Waals surface area contributed by atoms with Crippen LogP contribution in [0.2, 0.25) is 5.02 Å². The van der Waals surface area contributed by atoms with Crippen LogP contribution in [0.25, 0.3) is 0 Å². The van der Waals surface area contributed by atoms with Gasteiger partial charge in [-0.25, -0.2) is 18.7 Å². The van der Waals surface area contributed by atoms with E-state index < -0.39 is 11.6 Å². The second kappa shape index (κ2) is 4.85. The molecular formula is C10H6ClF2N3S. The predicted octanol–water partition coefficient (Wildman–Crippen LogP) is 3.14. The number of rotatable bonds is 2. The zero-order valence-electron chi connectivity index (χ0n) is 8.32. The number of aromatic nitrogens is 2. The Morgan fingerprint density at radius 1 is 1.24 bits per heavy atom. The molecule has 7 heteroatoms. The summed E-state index contributed by atoms with van der Waals surface area (Å²) in [4.78, 5) is 7.32. The lowest BCUT2D eigenvalue weighted by atomic mass is 10.3. The second-order valence-electron chi connectivity index (χ2n) is 3.09. The average molecular weight is 274 g/mol. The van der Waals surface area contributed by atoms with Crippen LogP contribution in [-0.4, -0.2) is 9.97 Å². The van der Waals surface area contributed by atoms with Gasteiger partial charge in [0.2, 0.25) is 0 Å². The number of hydrogen-bond acceptors (Lipinski definition) is 4. The van der Waals surface area contributed by atoms with E-state index >= 15 is 0 Å². The maximum Gasteiger partial charge on any atom is 0.142 e. The van der Waals surface area contributed by atoms with Gasteiger partial charge < -0.3 is 5.73 Å². The quantitative estimate of drug-likeness (QED) is 0.675. The normalized spacial score (nSPS) is 10.5. The van der Waals surface area contributed by atoms with Crippen molar-refractivity contribution in [2.75, 3.05) is 5.73 Å². The number of benzene rings is 1. The Bertz CT molecular complexity index is 542. The molecule has 2 aromatic rings. The van der Waals surface area contributed by atoms with Crippen LogP contribution in [0.15, 0.2) is 34.6 Å². The Kier molecular flexibility index (Phi) is 3.44. The molecule has 0 aliphatic heterocycles. The Hall–Kier alpha value is -1.40. The summed E-state index contributed by atoms with van der Waals surface area (Å²) in [7, 11) is 0. The summed E-state index contributed by atoms with van der Waals surface area (Å²) in [5, 5.41) is 0.511. The van der Waals surface area contributed by atoms with Crippen molar-refractivity contribution in [3.63, 3.8) is 0 Å². The summed E-state index contributed by atoms with van der Waals surface area (Å²) in [5.41, 5.74) is 5.34. The average Bonchev–Trinajstić information content (AvgIpc) is 2.25. The van der Waals surface area contributed by atoms with Gasteiger partial charge in [-0.15, -0.1) is 0 Å². The van der Waals surface area contributed by atoms with Crippen LogP contribution in [0.5, 0.6) is 0 Å². The van der Waals surface area contributed by atoms with E-state index in [9.17, 15) is 8.78 Å². The van der Waals surface area contributed by atoms with Gasteiger partial charge in [0.15, 0.2) is 0 Å². The van der Waals surface area contributed by atoms with Crippen molar-refractivity contribution in [2.24, 2.45) is 0 Å². The first-order valence-electron chi connectivity index (χ1n) is 4.46. The molecule has 1 heterocycles. The van der Waals surface area contributed by atoms with E-state index in [1.807, 2.05) is 0 Å².